The second-order valence-corrected chi connectivity index (χ2v) is 4.76. The second kappa shape index (κ2) is 7.38. The van der Waals surface area contributed by atoms with Crippen LogP contribution in [0.1, 0.15) is 23.2 Å². The third kappa shape index (κ3) is 3.71. The molecule has 0 heterocycles. The molecule has 3 N–H and O–H groups in total. The van der Waals surface area contributed by atoms with Crippen LogP contribution in [0.25, 0.3) is 0 Å². The molecule has 5 heteroatoms. The van der Waals surface area contributed by atoms with Crippen LogP contribution in [0.15, 0.2) is 60.7 Å². The summed E-state index contributed by atoms with van der Waals surface area (Å²) in [4.78, 5) is 24.2. The highest BCUT2D eigenvalue weighted by Gasteiger charge is 2.26. The number of carbonyl (C=O) groups excluding carboxylic acids is 2. The number of esters is 1. The van der Waals surface area contributed by atoms with Gasteiger partial charge in [-0.3, -0.25) is 4.79 Å². The van der Waals surface area contributed by atoms with Gasteiger partial charge in [0.25, 0.3) is 0 Å². The molecule has 2 aromatic carbocycles. The maximum absolute atomic E-state index is 12.3. The predicted molar refractivity (Wildman–Crippen MR) is 82.7 cm³/mol. The maximum atomic E-state index is 12.3. The topological polar surface area (TPSA) is 81.4 Å². The van der Waals surface area contributed by atoms with Crippen LogP contribution in [0.3, 0.4) is 0 Å². The quantitative estimate of drug-likeness (QED) is 0.823. The molecule has 0 aromatic heterocycles. The Bertz CT molecular complexity index is 629. The summed E-state index contributed by atoms with van der Waals surface area (Å²) in [5.74, 6) is -0.981. The van der Waals surface area contributed by atoms with Gasteiger partial charge in [0.2, 0.25) is 5.91 Å². The molecule has 2 atom stereocenters. The van der Waals surface area contributed by atoms with Crippen LogP contribution >= 0.6 is 0 Å². The Morgan fingerprint density at radius 2 is 1.45 bits per heavy atom. The largest absolute Gasteiger partial charge is 0.467 e. The molecule has 2 aromatic rings. The number of ether oxygens (including phenoxy) is 1. The number of hydrogen-bond acceptors (Lipinski definition) is 4. The van der Waals surface area contributed by atoms with E-state index in [1.165, 1.54) is 7.11 Å². The zero-order chi connectivity index (χ0) is 15.9. The van der Waals surface area contributed by atoms with Crippen molar-refractivity contribution in [3.8, 4) is 0 Å². The third-order valence-electron chi connectivity index (χ3n) is 3.30. The van der Waals surface area contributed by atoms with E-state index in [1.54, 1.807) is 48.5 Å². The van der Waals surface area contributed by atoms with E-state index >= 15 is 0 Å². The van der Waals surface area contributed by atoms with Crippen molar-refractivity contribution in [2.45, 2.75) is 12.1 Å². The first-order valence-corrected chi connectivity index (χ1v) is 6.87. The Balaban J connectivity index is 2.17. The molecule has 0 unspecified atom stereocenters. The van der Waals surface area contributed by atoms with Crippen LogP contribution in [0.4, 0.5) is 0 Å². The van der Waals surface area contributed by atoms with Crippen molar-refractivity contribution in [3.05, 3.63) is 71.8 Å². The fourth-order valence-corrected chi connectivity index (χ4v) is 2.09. The van der Waals surface area contributed by atoms with Crippen LogP contribution in [0, 0.1) is 0 Å². The zero-order valence-electron chi connectivity index (χ0n) is 12.2. The number of rotatable bonds is 5. The van der Waals surface area contributed by atoms with Gasteiger partial charge < -0.3 is 15.8 Å². The van der Waals surface area contributed by atoms with Crippen molar-refractivity contribution in [2.24, 2.45) is 5.73 Å². The molecule has 0 bridgehead atoms. The maximum Gasteiger partial charge on any atom is 0.333 e. The average Bonchev–Trinajstić information content (AvgIpc) is 2.59. The summed E-state index contributed by atoms with van der Waals surface area (Å²) >= 11 is 0. The molecule has 0 fully saturated rings. The molecule has 1 amide bonds. The van der Waals surface area contributed by atoms with Crippen molar-refractivity contribution in [3.63, 3.8) is 0 Å². The van der Waals surface area contributed by atoms with Gasteiger partial charge in [-0.1, -0.05) is 60.7 Å². The van der Waals surface area contributed by atoms with Gasteiger partial charge in [-0.05, 0) is 11.1 Å². The summed E-state index contributed by atoms with van der Waals surface area (Å²) < 4.78 is 4.76. The lowest BCUT2D eigenvalue weighted by molar-refractivity contribution is -0.145. The van der Waals surface area contributed by atoms with Gasteiger partial charge in [0.15, 0.2) is 6.04 Å². The van der Waals surface area contributed by atoms with Crippen molar-refractivity contribution in [2.75, 3.05) is 7.11 Å². The first-order valence-electron chi connectivity index (χ1n) is 6.87. The number of methoxy groups -OCH3 is 1. The molecule has 0 saturated heterocycles. The summed E-state index contributed by atoms with van der Waals surface area (Å²) in [6.07, 6.45) is 0. The minimum absolute atomic E-state index is 0.439. The van der Waals surface area contributed by atoms with E-state index in [-0.39, 0.29) is 0 Å². The van der Waals surface area contributed by atoms with E-state index in [1.807, 2.05) is 12.1 Å². The standard InChI is InChI=1S/C17H18N2O3/c1-22-17(21)15(13-10-6-3-7-11-13)19-16(20)14(18)12-8-4-2-5-9-12/h2-11,14-15H,18H2,1H3,(H,19,20)/t14-,15-/m1/s1. The molecule has 22 heavy (non-hydrogen) atoms. The highest BCUT2D eigenvalue weighted by Crippen LogP contribution is 2.17. The summed E-state index contributed by atoms with van der Waals surface area (Å²) in [6, 6.07) is 16.1. The normalized spacial score (nSPS) is 13.0. The predicted octanol–water partition coefficient (Wildman–Crippen LogP) is 1.72. The molecule has 0 aliphatic heterocycles. The second-order valence-electron chi connectivity index (χ2n) is 4.76. The van der Waals surface area contributed by atoms with Gasteiger partial charge in [0.1, 0.15) is 6.04 Å². The van der Waals surface area contributed by atoms with E-state index in [2.05, 4.69) is 5.32 Å². The van der Waals surface area contributed by atoms with Crippen LogP contribution in [0.2, 0.25) is 0 Å². The molecule has 0 saturated carbocycles. The molecule has 2 rings (SSSR count). The van der Waals surface area contributed by atoms with Gasteiger partial charge in [0, 0.05) is 0 Å². The van der Waals surface area contributed by atoms with Gasteiger partial charge in [-0.25, -0.2) is 4.79 Å². The lowest BCUT2D eigenvalue weighted by Crippen LogP contribution is -2.40. The minimum Gasteiger partial charge on any atom is -0.467 e. The zero-order valence-corrected chi connectivity index (χ0v) is 12.2. The van der Waals surface area contributed by atoms with Crippen molar-refractivity contribution < 1.29 is 14.3 Å². The van der Waals surface area contributed by atoms with Crippen molar-refractivity contribution >= 4 is 11.9 Å². The third-order valence-corrected chi connectivity index (χ3v) is 3.30. The first-order chi connectivity index (χ1) is 10.6. The minimum atomic E-state index is -0.881. The Hall–Kier alpha value is -2.66. The Morgan fingerprint density at radius 1 is 0.955 bits per heavy atom. The molecular formula is C17H18N2O3. The van der Waals surface area contributed by atoms with E-state index < -0.39 is 24.0 Å². The average molecular weight is 298 g/mol. The lowest BCUT2D eigenvalue weighted by Gasteiger charge is -2.19. The van der Waals surface area contributed by atoms with Crippen LogP contribution in [-0.4, -0.2) is 19.0 Å². The molecule has 0 spiro atoms. The van der Waals surface area contributed by atoms with Crippen molar-refractivity contribution in [1.82, 2.24) is 5.32 Å². The summed E-state index contributed by atoms with van der Waals surface area (Å²) in [5.41, 5.74) is 7.26. The number of amides is 1. The Kier molecular flexibility index (Phi) is 5.27. The first kappa shape index (κ1) is 15.7. The Morgan fingerprint density at radius 3 is 1.95 bits per heavy atom. The highest BCUT2D eigenvalue weighted by molar-refractivity contribution is 5.88. The molecule has 5 nitrogen and oxygen atoms in total. The molecule has 0 radical (unpaired) electrons. The number of nitrogens with one attached hydrogen (secondary N) is 1. The Labute approximate surface area is 129 Å². The summed E-state index contributed by atoms with van der Waals surface area (Å²) in [6.45, 7) is 0. The van der Waals surface area contributed by atoms with E-state index in [0.717, 1.165) is 0 Å². The number of hydrogen-bond donors (Lipinski definition) is 2. The van der Waals surface area contributed by atoms with E-state index in [9.17, 15) is 9.59 Å². The van der Waals surface area contributed by atoms with E-state index in [0.29, 0.717) is 11.1 Å². The number of benzene rings is 2. The fourth-order valence-electron chi connectivity index (χ4n) is 2.09. The van der Waals surface area contributed by atoms with Crippen LogP contribution in [-0.2, 0) is 14.3 Å². The molecule has 114 valence electrons. The number of nitrogens with two attached hydrogens (primary N) is 1. The molecular weight excluding hydrogens is 280 g/mol. The molecule has 0 aliphatic rings. The molecule has 0 aliphatic carbocycles. The van der Waals surface area contributed by atoms with E-state index in [4.69, 9.17) is 10.5 Å². The lowest BCUT2D eigenvalue weighted by atomic mass is 10.0. The smallest absolute Gasteiger partial charge is 0.333 e. The summed E-state index contributed by atoms with van der Waals surface area (Å²) in [7, 11) is 1.28. The fraction of sp³-hybridized carbons (Fsp3) is 0.176. The van der Waals surface area contributed by atoms with Gasteiger partial charge in [0.05, 0.1) is 7.11 Å². The monoisotopic (exact) mass is 298 g/mol. The van der Waals surface area contributed by atoms with Gasteiger partial charge >= 0.3 is 5.97 Å². The number of carbonyl (C=O) groups is 2. The SMILES string of the molecule is COC(=O)[C@H](NC(=O)[C@H](N)c1ccccc1)c1ccccc1. The van der Waals surface area contributed by atoms with Gasteiger partial charge in [-0.2, -0.15) is 0 Å². The van der Waals surface area contributed by atoms with Crippen molar-refractivity contribution in [1.29, 1.82) is 0 Å². The van der Waals surface area contributed by atoms with Gasteiger partial charge in [-0.15, -0.1) is 0 Å². The van der Waals surface area contributed by atoms with Crippen LogP contribution in [0.5, 0.6) is 0 Å². The summed E-state index contributed by atoms with van der Waals surface area (Å²) in [5, 5.41) is 2.64. The van der Waals surface area contributed by atoms with Crippen LogP contribution < -0.4 is 11.1 Å². The highest BCUT2D eigenvalue weighted by atomic mass is 16.5.